The zero-order valence-corrected chi connectivity index (χ0v) is 18.9. The van der Waals surface area contributed by atoms with Crippen LogP contribution >= 0.6 is 34.0 Å². The predicted octanol–water partition coefficient (Wildman–Crippen LogP) is 8.84. The van der Waals surface area contributed by atoms with E-state index in [1.165, 1.54) is 51.5 Å². The fourth-order valence-electron chi connectivity index (χ4n) is 4.17. The second kappa shape index (κ2) is 6.11. The van der Waals surface area contributed by atoms with Crippen LogP contribution in [0.15, 0.2) is 59.4 Å². The smallest absolute Gasteiger partial charge is 0.0795 e. The number of hydrogen-bond acceptors (Lipinski definition) is 4. The molecule has 0 atom stereocenters. The van der Waals surface area contributed by atoms with E-state index >= 15 is 0 Å². The van der Waals surface area contributed by atoms with Crippen LogP contribution in [-0.2, 0) is 5.41 Å². The average molecular weight is 430 g/mol. The summed E-state index contributed by atoms with van der Waals surface area (Å²) in [5.41, 5.74) is 3.81. The van der Waals surface area contributed by atoms with E-state index in [1.54, 1.807) is 0 Å². The Kier molecular flexibility index (Phi) is 3.71. The first-order chi connectivity index (χ1) is 14.0. The molecule has 0 unspecified atom stereocenters. The number of aromatic nitrogens is 1. The van der Waals surface area contributed by atoms with Gasteiger partial charge in [0.2, 0.25) is 0 Å². The van der Waals surface area contributed by atoms with E-state index in [0.717, 1.165) is 5.69 Å². The lowest BCUT2D eigenvalue weighted by Gasteiger charge is -2.21. The number of thiophene rings is 3. The Labute approximate surface area is 181 Å². The number of benzene rings is 2. The molecule has 4 heteroatoms. The predicted molar refractivity (Wildman–Crippen MR) is 132 cm³/mol. The molecule has 0 saturated heterocycles. The second-order valence-electron chi connectivity index (χ2n) is 8.55. The number of hydrogen-bond donors (Lipinski definition) is 0. The van der Waals surface area contributed by atoms with Gasteiger partial charge in [0, 0.05) is 41.3 Å². The first-order valence-corrected chi connectivity index (χ1v) is 12.3. The molecule has 142 valence electrons. The molecule has 4 aromatic heterocycles. The summed E-state index contributed by atoms with van der Waals surface area (Å²) < 4.78 is 5.40. The van der Waals surface area contributed by atoms with Gasteiger partial charge in [0.05, 0.1) is 5.69 Å². The van der Waals surface area contributed by atoms with Crippen LogP contribution in [0.4, 0.5) is 0 Å². The van der Waals surface area contributed by atoms with Gasteiger partial charge in [-0.2, -0.15) is 0 Å². The van der Waals surface area contributed by atoms with E-state index in [-0.39, 0.29) is 5.41 Å². The van der Waals surface area contributed by atoms with Gasteiger partial charge in [0.1, 0.15) is 0 Å². The van der Waals surface area contributed by atoms with Gasteiger partial charge in [0.25, 0.3) is 0 Å². The van der Waals surface area contributed by atoms with Crippen molar-refractivity contribution >= 4 is 74.4 Å². The van der Waals surface area contributed by atoms with E-state index < -0.39 is 0 Å². The van der Waals surface area contributed by atoms with Crippen molar-refractivity contribution in [3.63, 3.8) is 0 Å². The maximum Gasteiger partial charge on any atom is 0.0795 e. The van der Waals surface area contributed by atoms with Gasteiger partial charge in [-0.15, -0.1) is 34.0 Å². The van der Waals surface area contributed by atoms with Crippen LogP contribution < -0.4 is 0 Å². The fraction of sp³-hybridized carbons (Fsp3) is 0.160. The summed E-state index contributed by atoms with van der Waals surface area (Å²) in [6, 6.07) is 16.0. The molecule has 0 bridgehead atoms. The van der Waals surface area contributed by atoms with E-state index in [1.807, 2.05) is 40.2 Å². The van der Waals surface area contributed by atoms with Crippen molar-refractivity contribution in [3.8, 4) is 11.3 Å². The molecule has 0 radical (unpaired) electrons. The lowest BCUT2D eigenvalue weighted by Crippen LogP contribution is -2.11. The van der Waals surface area contributed by atoms with E-state index in [2.05, 4.69) is 74.0 Å². The highest BCUT2D eigenvalue weighted by Gasteiger charge is 2.21. The number of pyridine rings is 1. The minimum absolute atomic E-state index is 0.0898. The Morgan fingerprint density at radius 1 is 0.793 bits per heavy atom. The molecule has 0 fully saturated rings. The van der Waals surface area contributed by atoms with Crippen molar-refractivity contribution in [2.45, 2.75) is 26.2 Å². The fourth-order valence-corrected chi connectivity index (χ4v) is 7.29. The Bertz CT molecular complexity index is 1540. The standard InChI is InChI=1S/C25H19NS3/c1-25(2,3)18-12-16(10-15-6-9-28-24(15)18)23-22-17-11-14-5-8-27-20(14)13-21(17)29-19(22)4-7-26-23/h4-13H,1-3H3. The molecule has 0 aliphatic heterocycles. The Morgan fingerprint density at radius 2 is 1.62 bits per heavy atom. The Balaban J connectivity index is 1.72. The number of nitrogens with zero attached hydrogens (tertiary/aromatic N) is 1. The van der Waals surface area contributed by atoms with Crippen LogP contribution in [-0.4, -0.2) is 4.98 Å². The molecule has 2 aromatic carbocycles. The normalized spacial score (nSPS) is 12.7. The van der Waals surface area contributed by atoms with Crippen LogP contribution in [0.1, 0.15) is 26.3 Å². The third-order valence-corrected chi connectivity index (χ3v) is 8.55. The van der Waals surface area contributed by atoms with Crippen molar-refractivity contribution in [3.05, 3.63) is 65.0 Å². The van der Waals surface area contributed by atoms with Crippen molar-refractivity contribution in [2.24, 2.45) is 0 Å². The van der Waals surface area contributed by atoms with Crippen LogP contribution in [0.2, 0.25) is 0 Å². The maximum atomic E-state index is 4.89. The van der Waals surface area contributed by atoms with Crippen molar-refractivity contribution < 1.29 is 0 Å². The summed E-state index contributed by atoms with van der Waals surface area (Å²) in [6.07, 6.45) is 1.96. The van der Waals surface area contributed by atoms with Gasteiger partial charge in [-0.3, -0.25) is 4.98 Å². The molecule has 4 heterocycles. The molecular weight excluding hydrogens is 410 g/mol. The molecule has 0 amide bonds. The van der Waals surface area contributed by atoms with Gasteiger partial charge in [0.15, 0.2) is 0 Å². The topological polar surface area (TPSA) is 12.9 Å². The average Bonchev–Trinajstić information content (AvgIpc) is 3.41. The molecule has 1 nitrogen and oxygen atoms in total. The van der Waals surface area contributed by atoms with Gasteiger partial charge in [-0.05, 0) is 75.0 Å². The largest absolute Gasteiger partial charge is 0.256 e. The van der Waals surface area contributed by atoms with Gasteiger partial charge in [-0.1, -0.05) is 20.8 Å². The van der Waals surface area contributed by atoms with Gasteiger partial charge in [-0.25, -0.2) is 0 Å². The molecule has 0 spiro atoms. The molecule has 0 aliphatic carbocycles. The van der Waals surface area contributed by atoms with Crippen molar-refractivity contribution in [2.75, 3.05) is 0 Å². The highest BCUT2D eigenvalue weighted by molar-refractivity contribution is 7.26. The second-order valence-corrected chi connectivity index (χ2v) is 11.5. The molecule has 0 N–H and O–H groups in total. The molecular formula is C25H19NS3. The maximum absolute atomic E-state index is 4.89. The quantitative estimate of drug-likeness (QED) is 0.254. The van der Waals surface area contributed by atoms with Crippen LogP contribution in [0, 0.1) is 0 Å². The Hall–Kier alpha value is -2.27. The molecule has 6 aromatic rings. The monoisotopic (exact) mass is 429 g/mol. The van der Waals surface area contributed by atoms with Crippen molar-refractivity contribution in [1.82, 2.24) is 4.98 Å². The zero-order valence-electron chi connectivity index (χ0n) is 16.4. The first-order valence-electron chi connectivity index (χ1n) is 9.70. The number of fused-ring (bicyclic) bond motifs is 5. The summed E-state index contributed by atoms with van der Waals surface area (Å²) in [7, 11) is 0. The number of rotatable bonds is 1. The van der Waals surface area contributed by atoms with Crippen LogP contribution in [0.3, 0.4) is 0 Å². The van der Waals surface area contributed by atoms with Gasteiger partial charge < -0.3 is 0 Å². The minimum atomic E-state index is 0.0898. The molecule has 0 aliphatic rings. The highest BCUT2D eigenvalue weighted by Crippen LogP contribution is 2.43. The van der Waals surface area contributed by atoms with Crippen LogP contribution in [0.5, 0.6) is 0 Å². The molecule has 0 saturated carbocycles. The lowest BCUT2D eigenvalue weighted by molar-refractivity contribution is 0.597. The zero-order chi connectivity index (χ0) is 19.8. The summed E-state index contributed by atoms with van der Waals surface area (Å²) in [5, 5.41) is 9.62. The SMILES string of the molecule is CC(C)(C)c1cc(-c2nccc3sc4cc5sccc5cc4c23)cc2ccsc12. The summed E-state index contributed by atoms with van der Waals surface area (Å²) in [5.74, 6) is 0. The van der Waals surface area contributed by atoms with Gasteiger partial charge >= 0.3 is 0 Å². The third kappa shape index (κ3) is 2.67. The van der Waals surface area contributed by atoms with E-state index in [9.17, 15) is 0 Å². The summed E-state index contributed by atoms with van der Waals surface area (Å²) >= 11 is 5.52. The Morgan fingerprint density at radius 3 is 2.48 bits per heavy atom. The minimum Gasteiger partial charge on any atom is -0.256 e. The van der Waals surface area contributed by atoms with E-state index in [0.29, 0.717) is 0 Å². The summed E-state index contributed by atoms with van der Waals surface area (Å²) in [4.78, 5) is 4.89. The van der Waals surface area contributed by atoms with Crippen LogP contribution in [0.25, 0.3) is 51.6 Å². The molecule has 6 rings (SSSR count). The van der Waals surface area contributed by atoms with Crippen molar-refractivity contribution in [1.29, 1.82) is 0 Å². The lowest BCUT2D eigenvalue weighted by atomic mass is 9.85. The first kappa shape index (κ1) is 17.6. The highest BCUT2D eigenvalue weighted by atomic mass is 32.1. The summed E-state index contributed by atoms with van der Waals surface area (Å²) in [6.45, 7) is 6.89. The van der Waals surface area contributed by atoms with E-state index in [4.69, 9.17) is 4.98 Å². The third-order valence-electron chi connectivity index (χ3n) is 5.59. The molecule has 29 heavy (non-hydrogen) atoms.